The number of hydrogen-bond donors (Lipinski definition) is 1. The van der Waals surface area contributed by atoms with Crippen LogP contribution in [-0.4, -0.2) is 60.2 Å². The molecular weight excluding hydrogens is 318 g/mol. The fraction of sp³-hybridized carbons (Fsp3) is 0.526. The summed E-state index contributed by atoms with van der Waals surface area (Å²) >= 11 is 0. The van der Waals surface area contributed by atoms with Crippen molar-refractivity contribution in [2.45, 2.75) is 26.2 Å². The Morgan fingerprint density at radius 3 is 2.32 bits per heavy atom. The van der Waals surface area contributed by atoms with E-state index in [1.165, 1.54) is 12.8 Å². The molecule has 1 saturated heterocycles. The Hall–Kier alpha value is -2.21. The number of piperidine rings is 1. The predicted molar refractivity (Wildman–Crippen MR) is 94.3 cm³/mol. The predicted octanol–water partition coefficient (Wildman–Crippen LogP) is 1.52. The van der Waals surface area contributed by atoms with Crippen LogP contribution in [0.5, 0.6) is 0 Å². The van der Waals surface area contributed by atoms with Gasteiger partial charge in [0.25, 0.3) is 11.8 Å². The molecule has 25 heavy (non-hydrogen) atoms. The first-order valence-corrected chi connectivity index (χ1v) is 9.00. The number of likely N-dealkylation sites (tertiary alicyclic amines) is 1. The van der Waals surface area contributed by atoms with Gasteiger partial charge < -0.3 is 10.2 Å². The van der Waals surface area contributed by atoms with Gasteiger partial charge in [0, 0.05) is 6.54 Å². The van der Waals surface area contributed by atoms with E-state index in [0.29, 0.717) is 17.7 Å². The molecule has 0 bridgehead atoms. The zero-order chi connectivity index (χ0) is 17.8. The Morgan fingerprint density at radius 1 is 1.12 bits per heavy atom. The largest absolute Gasteiger partial charge is 0.354 e. The van der Waals surface area contributed by atoms with Crippen molar-refractivity contribution in [3.8, 4) is 0 Å². The molecule has 2 aliphatic rings. The number of imide groups is 1. The molecule has 0 aliphatic carbocycles. The number of nitrogens with zero attached hydrogens (tertiary/aromatic N) is 2. The summed E-state index contributed by atoms with van der Waals surface area (Å²) < 4.78 is 0. The molecule has 134 valence electrons. The second-order valence-electron chi connectivity index (χ2n) is 6.97. The second kappa shape index (κ2) is 7.78. The van der Waals surface area contributed by atoms with E-state index in [2.05, 4.69) is 17.1 Å². The average Bonchev–Trinajstić information content (AvgIpc) is 2.86. The quantitative estimate of drug-likeness (QED) is 0.628. The lowest BCUT2D eigenvalue weighted by Gasteiger charge is -2.30. The molecule has 1 fully saturated rings. The molecule has 0 saturated carbocycles. The number of hydrogen-bond acceptors (Lipinski definition) is 4. The summed E-state index contributed by atoms with van der Waals surface area (Å²) in [6.45, 7) is 5.87. The summed E-state index contributed by atoms with van der Waals surface area (Å²) in [5.74, 6) is -0.256. The van der Waals surface area contributed by atoms with Crippen molar-refractivity contribution in [2.75, 3.05) is 32.7 Å². The number of rotatable bonds is 6. The van der Waals surface area contributed by atoms with Crippen LogP contribution < -0.4 is 5.32 Å². The van der Waals surface area contributed by atoms with E-state index in [9.17, 15) is 14.4 Å². The molecule has 3 amide bonds. The molecule has 6 nitrogen and oxygen atoms in total. The maximum absolute atomic E-state index is 12.2. The van der Waals surface area contributed by atoms with Crippen LogP contribution in [0.25, 0.3) is 0 Å². The van der Waals surface area contributed by atoms with Gasteiger partial charge in [0.15, 0.2) is 0 Å². The lowest BCUT2D eigenvalue weighted by Crippen LogP contribution is -2.41. The van der Waals surface area contributed by atoms with Gasteiger partial charge in [0.05, 0.1) is 11.1 Å². The molecule has 2 aliphatic heterocycles. The molecule has 0 unspecified atom stereocenters. The molecule has 2 heterocycles. The van der Waals surface area contributed by atoms with Crippen molar-refractivity contribution in [2.24, 2.45) is 5.92 Å². The van der Waals surface area contributed by atoms with Gasteiger partial charge in [-0.25, -0.2) is 0 Å². The first-order valence-electron chi connectivity index (χ1n) is 9.00. The molecule has 0 aromatic heterocycles. The first-order chi connectivity index (χ1) is 12.1. The maximum Gasteiger partial charge on any atom is 0.262 e. The normalized spacial score (nSPS) is 18.5. The van der Waals surface area contributed by atoms with Crippen molar-refractivity contribution in [3.05, 3.63) is 35.4 Å². The van der Waals surface area contributed by atoms with Crippen LogP contribution in [0.4, 0.5) is 0 Å². The van der Waals surface area contributed by atoms with Crippen LogP contribution in [0.3, 0.4) is 0 Å². The zero-order valence-electron chi connectivity index (χ0n) is 14.7. The number of fused-ring (bicyclic) bond motifs is 1. The van der Waals surface area contributed by atoms with Crippen LogP contribution in [-0.2, 0) is 4.79 Å². The van der Waals surface area contributed by atoms with Gasteiger partial charge in [-0.2, -0.15) is 0 Å². The topological polar surface area (TPSA) is 69.7 Å². The fourth-order valence-electron chi connectivity index (χ4n) is 3.40. The van der Waals surface area contributed by atoms with Crippen LogP contribution in [0.1, 0.15) is 46.9 Å². The van der Waals surface area contributed by atoms with Gasteiger partial charge >= 0.3 is 0 Å². The zero-order valence-corrected chi connectivity index (χ0v) is 14.7. The summed E-state index contributed by atoms with van der Waals surface area (Å²) in [6.07, 6.45) is 3.36. The minimum absolute atomic E-state index is 0.215. The minimum Gasteiger partial charge on any atom is -0.354 e. The van der Waals surface area contributed by atoms with Crippen LogP contribution in [0, 0.1) is 5.92 Å². The highest BCUT2D eigenvalue weighted by atomic mass is 16.2. The Bertz CT molecular complexity index is 631. The summed E-state index contributed by atoms with van der Waals surface area (Å²) in [5.41, 5.74) is 0.749. The van der Waals surface area contributed by atoms with E-state index in [4.69, 9.17) is 0 Å². The Labute approximate surface area is 148 Å². The van der Waals surface area contributed by atoms with E-state index >= 15 is 0 Å². The molecule has 0 spiro atoms. The smallest absolute Gasteiger partial charge is 0.262 e. The van der Waals surface area contributed by atoms with Crippen molar-refractivity contribution < 1.29 is 14.4 Å². The molecule has 1 N–H and O–H groups in total. The number of carbonyl (C=O) groups is 3. The lowest BCUT2D eigenvalue weighted by molar-refractivity contribution is -0.121. The molecule has 1 aromatic rings. The van der Waals surface area contributed by atoms with Gasteiger partial charge in [-0.3, -0.25) is 19.3 Å². The van der Waals surface area contributed by atoms with Crippen molar-refractivity contribution in [1.29, 1.82) is 0 Å². The minimum atomic E-state index is -0.391. The summed E-state index contributed by atoms with van der Waals surface area (Å²) in [4.78, 5) is 40.0. The number of amides is 3. The molecular formula is C19H25N3O3. The van der Waals surface area contributed by atoms with Gasteiger partial charge in [-0.05, 0) is 56.9 Å². The molecule has 0 atom stereocenters. The summed E-state index contributed by atoms with van der Waals surface area (Å²) in [7, 11) is 0. The van der Waals surface area contributed by atoms with E-state index in [0.717, 1.165) is 36.9 Å². The Kier molecular flexibility index (Phi) is 5.48. The van der Waals surface area contributed by atoms with Gasteiger partial charge in [-0.1, -0.05) is 19.1 Å². The fourth-order valence-corrected chi connectivity index (χ4v) is 3.40. The molecule has 0 radical (unpaired) electrons. The van der Waals surface area contributed by atoms with E-state index in [-0.39, 0.29) is 12.5 Å². The van der Waals surface area contributed by atoms with Gasteiger partial charge in [0.1, 0.15) is 6.54 Å². The second-order valence-corrected chi connectivity index (χ2v) is 6.97. The molecule has 3 rings (SSSR count). The lowest BCUT2D eigenvalue weighted by atomic mass is 9.99. The third-order valence-corrected chi connectivity index (χ3v) is 5.03. The van der Waals surface area contributed by atoms with Crippen LogP contribution >= 0.6 is 0 Å². The number of nitrogens with one attached hydrogen (secondary N) is 1. The molecule has 1 aromatic carbocycles. The van der Waals surface area contributed by atoms with Crippen LogP contribution in [0.15, 0.2) is 24.3 Å². The van der Waals surface area contributed by atoms with Crippen molar-refractivity contribution >= 4 is 17.7 Å². The first kappa shape index (κ1) is 17.6. The number of benzene rings is 1. The molecule has 6 heteroatoms. The standard InChI is InChI=1S/C19H25N3O3/c1-14-7-11-21(12-8-14)10-4-9-20-17(23)13-22-18(24)15-5-2-3-6-16(15)19(22)25/h2-3,5-6,14H,4,7-13H2,1H3,(H,20,23). The summed E-state index contributed by atoms with van der Waals surface area (Å²) in [6, 6.07) is 6.67. The highest BCUT2D eigenvalue weighted by Gasteiger charge is 2.36. The number of carbonyl (C=O) groups excluding carboxylic acids is 3. The Balaban J connectivity index is 1.40. The van der Waals surface area contributed by atoms with Crippen LogP contribution in [0.2, 0.25) is 0 Å². The van der Waals surface area contributed by atoms with E-state index in [1.807, 2.05) is 0 Å². The van der Waals surface area contributed by atoms with Crippen molar-refractivity contribution in [1.82, 2.24) is 15.1 Å². The highest BCUT2D eigenvalue weighted by Crippen LogP contribution is 2.21. The third kappa shape index (κ3) is 4.07. The van der Waals surface area contributed by atoms with Gasteiger partial charge in [-0.15, -0.1) is 0 Å². The maximum atomic E-state index is 12.2. The van der Waals surface area contributed by atoms with E-state index in [1.54, 1.807) is 24.3 Å². The monoisotopic (exact) mass is 343 g/mol. The van der Waals surface area contributed by atoms with Gasteiger partial charge in [0.2, 0.25) is 5.91 Å². The third-order valence-electron chi connectivity index (χ3n) is 5.03. The van der Waals surface area contributed by atoms with Crippen molar-refractivity contribution in [3.63, 3.8) is 0 Å². The van der Waals surface area contributed by atoms with E-state index < -0.39 is 11.8 Å². The Morgan fingerprint density at radius 2 is 1.72 bits per heavy atom. The average molecular weight is 343 g/mol. The SMILES string of the molecule is CC1CCN(CCCNC(=O)CN2C(=O)c3ccccc3C2=O)CC1. The highest BCUT2D eigenvalue weighted by molar-refractivity contribution is 6.22. The summed E-state index contributed by atoms with van der Waals surface area (Å²) in [5, 5.41) is 2.81.